The molecule has 1 saturated heterocycles. The summed E-state index contributed by atoms with van der Waals surface area (Å²) in [5, 5.41) is 11.6. The Labute approximate surface area is 151 Å². The van der Waals surface area contributed by atoms with Crippen LogP contribution in [-0.4, -0.2) is 46.7 Å². The van der Waals surface area contributed by atoms with Crippen molar-refractivity contribution < 1.29 is 9.53 Å². The van der Waals surface area contributed by atoms with Gasteiger partial charge in [-0.25, -0.2) is 0 Å². The molecule has 3 aromatic rings. The quantitative estimate of drug-likeness (QED) is 0.780. The number of piperidine rings is 1. The van der Waals surface area contributed by atoms with E-state index in [-0.39, 0.29) is 11.9 Å². The number of pyridine rings is 1. The van der Waals surface area contributed by atoms with E-state index in [0.29, 0.717) is 11.3 Å². The van der Waals surface area contributed by atoms with E-state index < -0.39 is 0 Å². The lowest BCUT2D eigenvalue weighted by molar-refractivity contribution is 0.0930. The van der Waals surface area contributed by atoms with Gasteiger partial charge in [0.25, 0.3) is 5.91 Å². The van der Waals surface area contributed by atoms with Crippen LogP contribution < -0.4 is 15.0 Å². The molecule has 0 unspecified atom stereocenters. The van der Waals surface area contributed by atoms with Gasteiger partial charge in [0.1, 0.15) is 5.75 Å². The summed E-state index contributed by atoms with van der Waals surface area (Å²) in [6.07, 6.45) is 3.72. The minimum atomic E-state index is -0.0599. The van der Waals surface area contributed by atoms with Gasteiger partial charge in [0.2, 0.25) is 5.95 Å². The van der Waals surface area contributed by atoms with Gasteiger partial charge in [0, 0.05) is 30.9 Å². The third kappa shape index (κ3) is 3.20. The van der Waals surface area contributed by atoms with E-state index in [1.807, 2.05) is 40.9 Å². The van der Waals surface area contributed by atoms with Crippen LogP contribution in [0.4, 0.5) is 5.95 Å². The maximum atomic E-state index is 12.5. The summed E-state index contributed by atoms with van der Waals surface area (Å²) in [5.41, 5.74) is 1.46. The lowest BCUT2D eigenvalue weighted by Gasteiger charge is -2.32. The van der Waals surface area contributed by atoms with E-state index >= 15 is 0 Å². The minimum absolute atomic E-state index is 0.0599. The molecule has 4 rings (SSSR count). The lowest BCUT2D eigenvalue weighted by Crippen LogP contribution is -2.45. The van der Waals surface area contributed by atoms with Crippen molar-refractivity contribution in [2.24, 2.45) is 0 Å². The largest absolute Gasteiger partial charge is 0.497 e. The summed E-state index contributed by atoms with van der Waals surface area (Å²) in [5.74, 6) is 1.49. The highest BCUT2D eigenvalue weighted by atomic mass is 16.5. The number of aromatic nitrogens is 3. The fourth-order valence-electron chi connectivity index (χ4n) is 3.30. The van der Waals surface area contributed by atoms with Crippen LogP contribution in [0.1, 0.15) is 23.2 Å². The highest BCUT2D eigenvalue weighted by Crippen LogP contribution is 2.20. The molecule has 0 atom stereocenters. The van der Waals surface area contributed by atoms with Crippen molar-refractivity contribution in [1.82, 2.24) is 19.9 Å². The van der Waals surface area contributed by atoms with Gasteiger partial charge in [-0.2, -0.15) is 0 Å². The molecule has 1 amide bonds. The standard InChI is InChI=1S/C19H21N5O2/c1-26-16-6-4-5-14(13-16)18(25)20-15-8-11-23(12-9-15)19-22-21-17-7-2-3-10-24(17)19/h2-7,10,13,15H,8-9,11-12H2,1H3,(H,20,25). The number of carbonyl (C=O) groups excluding carboxylic acids is 1. The molecule has 26 heavy (non-hydrogen) atoms. The average Bonchev–Trinajstić information content (AvgIpc) is 3.13. The number of carbonyl (C=O) groups is 1. The topological polar surface area (TPSA) is 71.8 Å². The van der Waals surface area contributed by atoms with E-state index in [0.717, 1.165) is 37.5 Å². The summed E-state index contributed by atoms with van der Waals surface area (Å²) in [6.45, 7) is 1.66. The second-order valence-electron chi connectivity index (χ2n) is 6.40. The molecule has 1 aromatic carbocycles. The molecular weight excluding hydrogens is 330 g/mol. The number of fused-ring (bicyclic) bond motifs is 1. The molecule has 7 heteroatoms. The van der Waals surface area contributed by atoms with Crippen LogP contribution in [0.5, 0.6) is 5.75 Å². The summed E-state index contributed by atoms with van der Waals surface area (Å²) < 4.78 is 7.18. The zero-order valence-corrected chi connectivity index (χ0v) is 14.6. The molecule has 0 bridgehead atoms. The van der Waals surface area contributed by atoms with Crippen LogP contribution in [-0.2, 0) is 0 Å². The molecule has 1 N–H and O–H groups in total. The number of nitrogens with one attached hydrogen (secondary N) is 1. The number of benzene rings is 1. The highest BCUT2D eigenvalue weighted by molar-refractivity contribution is 5.94. The monoisotopic (exact) mass is 351 g/mol. The smallest absolute Gasteiger partial charge is 0.251 e. The summed E-state index contributed by atoms with van der Waals surface area (Å²) >= 11 is 0. The first-order valence-corrected chi connectivity index (χ1v) is 8.74. The van der Waals surface area contributed by atoms with E-state index in [4.69, 9.17) is 4.74 Å². The first kappa shape index (κ1) is 16.4. The van der Waals surface area contributed by atoms with Crippen LogP contribution in [0.25, 0.3) is 5.65 Å². The Kier molecular flexibility index (Phi) is 4.43. The predicted molar refractivity (Wildman–Crippen MR) is 98.7 cm³/mol. The number of hydrogen-bond acceptors (Lipinski definition) is 5. The number of nitrogens with zero attached hydrogens (tertiary/aromatic N) is 4. The zero-order chi connectivity index (χ0) is 17.9. The first-order valence-electron chi connectivity index (χ1n) is 8.74. The van der Waals surface area contributed by atoms with Crippen LogP contribution in [0, 0.1) is 0 Å². The predicted octanol–water partition coefficient (Wildman–Crippen LogP) is 2.14. The van der Waals surface area contributed by atoms with Gasteiger partial charge in [-0.05, 0) is 43.2 Å². The maximum absolute atomic E-state index is 12.5. The molecule has 134 valence electrons. The van der Waals surface area contributed by atoms with Gasteiger partial charge in [-0.15, -0.1) is 10.2 Å². The van der Waals surface area contributed by atoms with Crippen LogP contribution in [0.2, 0.25) is 0 Å². The third-order valence-electron chi connectivity index (χ3n) is 4.74. The second-order valence-corrected chi connectivity index (χ2v) is 6.40. The average molecular weight is 351 g/mol. The number of anilines is 1. The third-order valence-corrected chi connectivity index (χ3v) is 4.74. The molecule has 0 aliphatic carbocycles. The van der Waals surface area contributed by atoms with Gasteiger partial charge >= 0.3 is 0 Å². The SMILES string of the molecule is COc1cccc(C(=O)NC2CCN(c3nnc4ccccn34)CC2)c1. The molecule has 0 radical (unpaired) electrons. The Morgan fingerprint density at radius 3 is 2.81 bits per heavy atom. The van der Waals surface area contributed by atoms with Gasteiger partial charge in [-0.3, -0.25) is 9.20 Å². The molecule has 7 nitrogen and oxygen atoms in total. The number of amides is 1. The zero-order valence-electron chi connectivity index (χ0n) is 14.6. The summed E-state index contributed by atoms with van der Waals surface area (Å²) in [6, 6.07) is 13.2. The van der Waals surface area contributed by atoms with Crippen molar-refractivity contribution in [3.63, 3.8) is 0 Å². The van der Waals surface area contributed by atoms with Gasteiger partial charge in [-0.1, -0.05) is 12.1 Å². The Hall–Kier alpha value is -3.09. The Morgan fingerprint density at radius 1 is 1.15 bits per heavy atom. The molecule has 0 saturated carbocycles. The minimum Gasteiger partial charge on any atom is -0.497 e. The fourth-order valence-corrected chi connectivity index (χ4v) is 3.30. The summed E-state index contributed by atoms with van der Waals surface area (Å²) in [7, 11) is 1.60. The Morgan fingerprint density at radius 2 is 2.00 bits per heavy atom. The van der Waals surface area contributed by atoms with Gasteiger partial charge in [0.05, 0.1) is 7.11 Å². The molecule has 3 heterocycles. The fraction of sp³-hybridized carbons (Fsp3) is 0.316. The van der Waals surface area contributed by atoms with Crippen LogP contribution in [0.15, 0.2) is 48.7 Å². The van der Waals surface area contributed by atoms with Crippen molar-refractivity contribution in [3.05, 3.63) is 54.2 Å². The van der Waals surface area contributed by atoms with E-state index in [2.05, 4.69) is 20.4 Å². The molecule has 1 aliphatic heterocycles. The number of ether oxygens (including phenoxy) is 1. The Bertz CT molecular complexity index is 915. The molecule has 1 aliphatic rings. The molecular formula is C19H21N5O2. The molecule has 0 spiro atoms. The van der Waals surface area contributed by atoms with Crippen LogP contribution in [0.3, 0.4) is 0 Å². The number of rotatable bonds is 4. The van der Waals surface area contributed by atoms with E-state index in [9.17, 15) is 4.79 Å². The van der Waals surface area contributed by atoms with E-state index in [1.165, 1.54) is 0 Å². The number of methoxy groups -OCH3 is 1. The lowest BCUT2D eigenvalue weighted by atomic mass is 10.0. The molecule has 2 aromatic heterocycles. The Balaban J connectivity index is 1.38. The van der Waals surface area contributed by atoms with Crippen molar-refractivity contribution in [2.45, 2.75) is 18.9 Å². The summed E-state index contributed by atoms with van der Waals surface area (Å²) in [4.78, 5) is 14.7. The van der Waals surface area contributed by atoms with Crippen molar-refractivity contribution in [1.29, 1.82) is 0 Å². The first-order chi connectivity index (χ1) is 12.7. The van der Waals surface area contributed by atoms with Crippen molar-refractivity contribution >= 4 is 17.5 Å². The second kappa shape index (κ2) is 7.03. The maximum Gasteiger partial charge on any atom is 0.251 e. The number of hydrogen-bond donors (Lipinski definition) is 1. The highest BCUT2D eigenvalue weighted by Gasteiger charge is 2.24. The molecule has 1 fully saturated rings. The van der Waals surface area contributed by atoms with Gasteiger partial charge in [0.15, 0.2) is 5.65 Å². The van der Waals surface area contributed by atoms with Gasteiger partial charge < -0.3 is 15.0 Å². The van der Waals surface area contributed by atoms with Crippen LogP contribution >= 0.6 is 0 Å². The van der Waals surface area contributed by atoms with Crippen molar-refractivity contribution in [3.8, 4) is 5.75 Å². The van der Waals surface area contributed by atoms with Crippen molar-refractivity contribution in [2.75, 3.05) is 25.1 Å². The van der Waals surface area contributed by atoms with E-state index in [1.54, 1.807) is 19.2 Å². The normalized spacial score (nSPS) is 15.2.